The molecule has 0 aromatic heterocycles. The summed E-state index contributed by atoms with van der Waals surface area (Å²) in [5.41, 5.74) is 3.62. The van der Waals surface area contributed by atoms with E-state index in [-0.39, 0.29) is 36.4 Å². The minimum atomic E-state index is -0.841. The topological polar surface area (TPSA) is 72.9 Å². The fourth-order valence-corrected chi connectivity index (χ4v) is 6.16. The Labute approximate surface area is 195 Å². The summed E-state index contributed by atoms with van der Waals surface area (Å²) in [5.74, 6) is -0.101. The summed E-state index contributed by atoms with van der Waals surface area (Å²) in [6, 6.07) is 16.5. The summed E-state index contributed by atoms with van der Waals surface area (Å²) < 4.78 is 0. The average molecular weight is 448 g/mol. The molecule has 0 saturated carbocycles. The molecule has 0 radical (unpaired) electrons. The molecule has 2 aliphatic heterocycles. The number of carbonyl (C=O) groups is 2. The number of nitrogens with one attached hydrogen (secondary N) is 1. The maximum absolute atomic E-state index is 13.7. The number of carbonyl (C=O) groups excluding carboxylic acids is 2. The third kappa shape index (κ3) is 3.65. The SMILES string of the molecule is CNC(=O)CC1(C)C(=O)N(C2CCN([C@H]3c4ccccc4CC[C@@H]3O)CC2)c2ccccc21. The zero-order valence-electron chi connectivity index (χ0n) is 19.5. The first-order valence-corrected chi connectivity index (χ1v) is 12.1. The summed E-state index contributed by atoms with van der Waals surface area (Å²) in [6.07, 6.45) is 3.20. The molecule has 3 atom stereocenters. The van der Waals surface area contributed by atoms with Gasteiger partial charge in [-0.25, -0.2) is 0 Å². The number of aryl methyl sites for hydroxylation is 1. The van der Waals surface area contributed by atoms with E-state index in [0.717, 1.165) is 50.0 Å². The van der Waals surface area contributed by atoms with Gasteiger partial charge in [-0.1, -0.05) is 42.5 Å². The van der Waals surface area contributed by atoms with Crippen molar-refractivity contribution in [2.75, 3.05) is 25.0 Å². The van der Waals surface area contributed by atoms with Crippen LogP contribution < -0.4 is 10.2 Å². The molecule has 1 fully saturated rings. The van der Waals surface area contributed by atoms with Crippen LogP contribution in [0.3, 0.4) is 0 Å². The van der Waals surface area contributed by atoms with Crippen molar-refractivity contribution in [2.24, 2.45) is 0 Å². The van der Waals surface area contributed by atoms with Crippen LogP contribution in [0.4, 0.5) is 5.69 Å². The third-order valence-corrected chi connectivity index (χ3v) is 7.95. The second-order valence-electron chi connectivity index (χ2n) is 9.89. The highest BCUT2D eigenvalue weighted by Crippen LogP contribution is 2.46. The lowest BCUT2D eigenvalue weighted by molar-refractivity contribution is -0.129. The van der Waals surface area contributed by atoms with Crippen LogP contribution in [0.25, 0.3) is 0 Å². The fourth-order valence-electron chi connectivity index (χ4n) is 6.16. The summed E-state index contributed by atoms with van der Waals surface area (Å²) in [5, 5.41) is 13.5. The van der Waals surface area contributed by atoms with Gasteiger partial charge in [-0.3, -0.25) is 14.5 Å². The molecule has 1 unspecified atom stereocenters. The van der Waals surface area contributed by atoms with Gasteiger partial charge in [-0.2, -0.15) is 0 Å². The molecule has 2 aromatic rings. The molecule has 5 rings (SSSR count). The quantitative estimate of drug-likeness (QED) is 0.756. The van der Waals surface area contributed by atoms with Crippen LogP contribution in [-0.4, -0.2) is 54.1 Å². The summed E-state index contributed by atoms with van der Waals surface area (Å²) >= 11 is 0. The molecule has 1 saturated heterocycles. The number of hydrogen-bond donors (Lipinski definition) is 2. The van der Waals surface area contributed by atoms with Crippen molar-refractivity contribution in [1.82, 2.24) is 10.2 Å². The van der Waals surface area contributed by atoms with E-state index in [0.29, 0.717) is 0 Å². The van der Waals surface area contributed by atoms with Crippen molar-refractivity contribution in [2.45, 2.75) is 62.6 Å². The van der Waals surface area contributed by atoms with Gasteiger partial charge >= 0.3 is 0 Å². The second-order valence-corrected chi connectivity index (χ2v) is 9.89. The van der Waals surface area contributed by atoms with Gasteiger partial charge in [0.1, 0.15) is 0 Å². The number of amides is 2. The molecule has 6 nitrogen and oxygen atoms in total. The van der Waals surface area contributed by atoms with Crippen molar-refractivity contribution in [1.29, 1.82) is 0 Å². The summed E-state index contributed by atoms with van der Waals surface area (Å²) in [4.78, 5) is 30.3. The molecule has 0 bridgehead atoms. The molecule has 2 N–H and O–H groups in total. The first-order chi connectivity index (χ1) is 15.9. The van der Waals surface area contributed by atoms with Crippen LogP contribution in [-0.2, 0) is 21.4 Å². The molecule has 174 valence electrons. The Bertz CT molecular complexity index is 1060. The standard InChI is InChI=1S/C27H33N3O3/c1-27(17-24(32)28-2)21-9-5-6-10-22(21)30(26(27)33)19-13-15-29(16-14-19)25-20-8-4-3-7-18(20)11-12-23(25)31/h3-10,19,23,25,31H,11-17H2,1-2H3,(H,28,32)/t23-,25-,27?/m0/s1. The largest absolute Gasteiger partial charge is 0.391 e. The first-order valence-electron chi connectivity index (χ1n) is 12.1. The maximum Gasteiger partial charge on any atom is 0.238 e. The van der Waals surface area contributed by atoms with Crippen LogP contribution >= 0.6 is 0 Å². The lowest BCUT2D eigenvalue weighted by Crippen LogP contribution is -2.51. The highest BCUT2D eigenvalue weighted by atomic mass is 16.3. The summed E-state index contributed by atoms with van der Waals surface area (Å²) in [6.45, 7) is 3.56. The molecule has 2 aromatic carbocycles. The number of aliphatic hydroxyl groups excluding tert-OH is 1. The predicted octanol–water partition coefficient (Wildman–Crippen LogP) is 2.94. The van der Waals surface area contributed by atoms with E-state index in [9.17, 15) is 14.7 Å². The zero-order chi connectivity index (χ0) is 23.2. The van der Waals surface area contributed by atoms with Gasteiger partial charge in [0.25, 0.3) is 0 Å². The normalized spacial score (nSPS) is 27.8. The molecule has 2 amide bonds. The van der Waals surface area contributed by atoms with Gasteiger partial charge in [0.05, 0.1) is 17.6 Å². The molecule has 6 heteroatoms. The molecule has 0 spiro atoms. The van der Waals surface area contributed by atoms with Crippen LogP contribution in [0.5, 0.6) is 0 Å². The Balaban J connectivity index is 1.37. The number of likely N-dealkylation sites (tertiary alicyclic amines) is 1. The maximum atomic E-state index is 13.7. The van der Waals surface area contributed by atoms with Crippen LogP contribution in [0.1, 0.15) is 55.3 Å². The number of aliphatic hydroxyl groups is 1. The monoisotopic (exact) mass is 447 g/mol. The van der Waals surface area contributed by atoms with Crippen molar-refractivity contribution in [3.63, 3.8) is 0 Å². The molecule has 1 aliphatic carbocycles. The number of rotatable bonds is 4. The number of benzene rings is 2. The van der Waals surface area contributed by atoms with Crippen LogP contribution in [0.2, 0.25) is 0 Å². The van der Waals surface area contributed by atoms with Crippen LogP contribution in [0.15, 0.2) is 48.5 Å². The molecule has 2 heterocycles. The van der Waals surface area contributed by atoms with Gasteiger partial charge in [0.15, 0.2) is 0 Å². The lowest BCUT2D eigenvalue weighted by Gasteiger charge is -2.44. The molecular formula is C27H33N3O3. The smallest absolute Gasteiger partial charge is 0.238 e. The van der Waals surface area contributed by atoms with Gasteiger partial charge in [0.2, 0.25) is 11.8 Å². The number of anilines is 1. The average Bonchev–Trinajstić information content (AvgIpc) is 3.06. The first kappa shape index (κ1) is 22.1. The Morgan fingerprint density at radius 1 is 1.09 bits per heavy atom. The van der Waals surface area contributed by atoms with Crippen molar-refractivity contribution < 1.29 is 14.7 Å². The highest BCUT2D eigenvalue weighted by Gasteiger charge is 2.50. The van der Waals surface area contributed by atoms with Crippen LogP contribution in [0, 0.1) is 0 Å². The Morgan fingerprint density at radius 2 is 1.79 bits per heavy atom. The number of para-hydroxylation sites is 1. The Morgan fingerprint density at radius 3 is 2.55 bits per heavy atom. The van der Waals surface area contributed by atoms with E-state index in [4.69, 9.17) is 0 Å². The second kappa shape index (κ2) is 8.58. The van der Waals surface area contributed by atoms with Crippen molar-refractivity contribution in [3.05, 3.63) is 65.2 Å². The van der Waals surface area contributed by atoms with E-state index >= 15 is 0 Å². The number of piperidine rings is 1. The number of fused-ring (bicyclic) bond motifs is 2. The van der Waals surface area contributed by atoms with E-state index in [2.05, 4.69) is 34.5 Å². The van der Waals surface area contributed by atoms with E-state index in [1.54, 1.807) is 7.05 Å². The minimum absolute atomic E-state index is 0.0220. The Kier molecular flexibility index (Phi) is 5.75. The molecule has 33 heavy (non-hydrogen) atoms. The zero-order valence-corrected chi connectivity index (χ0v) is 19.5. The number of nitrogens with zero attached hydrogens (tertiary/aromatic N) is 2. The molecular weight excluding hydrogens is 414 g/mol. The minimum Gasteiger partial charge on any atom is -0.391 e. The summed E-state index contributed by atoms with van der Waals surface area (Å²) in [7, 11) is 1.61. The van der Waals surface area contributed by atoms with Gasteiger partial charge < -0.3 is 15.3 Å². The van der Waals surface area contributed by atoms with E-state index in [1.807, 2.05) is 36.1 Å². The van der Waals surface area contributed by atoms with Gasteiger partial charge in [-0.15, -0.1) is 0 Å². The van der Waals surface area contributed by atoms with Crippen molar-refractivity contribution >= 4 is 17.5 Å². The third-order valence-electron chi connectivity index (χ3n) is 7.95. The predicted molar refractivity (Wildman–Crippen MR) is 128 cm³/mol. The van der Waals surface area contributed by atoms with Gasteiger partial charge in [-0.05, 0) is 55.4 Å². The van der Waals surface area contributed by atoms with E-state index < -0.39 is 5.41 Å². The Hall–Kier alpha value is -2.70. The number of hydrogen-bond acceptors (Lipinski definition) is 4. The van der Waals surface area contributed by atoms with E-state index in [1.165, 1.54) is 11.1 Å². The van der Waals surface area contributed by atoms with Gasteiger partial charge in [0, 0.05) is 38.3 Å². The lowest BCUT2D eigenvalue weighted by atomic mass is 9.80. The fraction of sp³-hybridized carbons (Fsp3) is 0.481. The van der Waals surface area contributed by atoms with Crippen molar-refractivity contribution in [3.8, 4) is 0 Å². The highest BCUT2D eigenvalue weighted by molar-refractivity contribution is 6.10. The molecule has 3 aliphatic rings.